The lowest BCUT2D eigenvalue weighted by molar-refractivity contribution is -0.137. The molecule has 4 rings (SSSR count). The van der Waals surface area contributed by atoms with Gasteiger partial charge in [-0.2, -0.15) is 13.2 Å². The molecule has 202 valence electrons. The van der Waals surface area contributed by atoms with Crippen LogP contribution in [0.15, 0.2) is 107 Å². The van der Waals surface area contributed by atoms with E-state index in [1.54, 1.807) is 30.3 Å². The Labute approximate surface area is 222 Å². The Morgan fingerprint density at radius 1 is 0.872 bits per heavy atom. The van der Waals surface area contributed by atoms with Gasteiger partial charge < -0.3 is 15.1 Å². The van der Waals surface area contributed by atoms with Gasteiger partial charge in [0.25, 0.3) is 15.9 Å². The van der Waals surface area contributed by atoms with Gasteiger partial charge in [0, 0.05) is 0 Å². The third kappa shape index (κ3) is 6.65. The predicted molar refractivity (Wildman–Crippen MR) is 137 cm³/mol. The molecule has 1 heterocycles. The fourth-order valence-corrected chi connectivity index (χ4v) is 5.09. The van der Waals surface area contributed by atoms with Gasteiger partial charge in [0.2, 0.25) is 5.91 Å². The van der Waals surface area contributed by atoms with E-state index in [4.69, 9.17) is 4.42 Å². The van der Waals surface area contributed by atoms with E-state index in [0.717, 1.165) is 12.1 Å². The zero-order chi connectivity index (χ0) is 28.0. The molecule has 0 bridgehead atoms. The molecule has 39 heavy (non-hydrogen) atoms. The quantitative estimate of drug-likeness (QED) is 0.299. The van der Waals surface area contributed by atoms with E-state index >= 15 is 0 Å². The number of nitrogens with one attached hydrogen (secondary N) is 2. The van der Waals surface area contributed by atoms with E-state index in [9.17, 15) is 31.2 Å². The highest BCUT2D eigenvalue weighted by molar-refractivity contribution is 7.92. The Bertz CT molecular complexity index is 1560. The molecule has 3 aromatic carbocycles. The van der Waals surface area contributed by atoms with E-state index < -0.39 is 40.1 Å². The van der Waals surface area contributed by atoms with Crippen LogP contribution >= 0.6 is 0 Å². The number of para-hydroxylation sites is 1. The number of anilines is 2. The van der Waals surface area contributed by atoms with E-state index in [2.05, 4.69) is 10.6 Å². The van der Waals surface area contributed by atoms with Crippen LogP contribution in [-0.4, -0.2) is 26.8 Å². The summed E-state index contributed by atoms with van der Waals surface area (Å²) in [4.78, 5) is 25.6. The number of nitrogens with zero attached hydrogens (tertiary/aromatic N) is 1. The molecule has 1 aromatic heterocycles. The summed E-state index contributed by atoms with van der Waals surface area (Å²) < 4.78 is 72.8. The molecule has 0 aliphatic rings. The van der Waals surface area contributed by atoms with Crippen molar-refractivity contribution >= 4 is 33.2 Å². The average molecular weight is 558 g/mol. The summed E-state index contributed by atoms with van der Waals surface area (Å²) in [5, 5.41) is 5.15. The lowest BCUT2D eigenvalue weighted by atomic mass is 10.1. The Morgan fingerprint density at radius 2 is 1.59 bits per heavy atom. The molecule has 0 saturated heterocycles. The van der Waals surface area contributed by atoms with Crippen molar-refractivity contribution < 1.29 is 35.6 Å². The molecule has 0 aliphatic carbocycles. The minimum absolute atomic E-state index is 0.0838. The standard InChI is InChI=1S/C27H22F3N3O5S/c28-27(29,30)19-8-6-9-20(16-19)33(39(36,37)22-11-2-1-3-12-22)18-25(34)32-24-14-5-4-13-23(24)26(35)31-17-21-10-7-15-38-21/h1-16H,17-18H2,(H,31,35)(H,32,34). The highest BCUT2D eigenvalue weighted by atomic mass is 32.2. The highest BCUT2D eigenvalue weighted by Crippen LogP contribution is 2.33. The summed E-state index contributed by atoms with van der Waals surface area (Å²) >= 11 is 0. The van der Waals surface area contributed by atoms with Crippen LogP contribution in [0.5, 0.6) is 0 Å². The van der Waals surface area contributed by atoms with Gasteiger partial charge in [0.1, 0.15) is 12.3 Å². The van der Waals surface area contributed by atoms with Crippen molar-refractivity contribution in [3.05, 3.63) is 114 Å². The number of halogens is 3. The molecule has 12 heteroatoms. The molecule has 0 radical (unpaired) electrons. The van der Waals surface area contributed by atoms with Gasteiger partial charge in [0.15, 0.2) is 0 Å². The van der Waals surface area contributed by atoms with Crippen molar-refractivity contribution in [2.75, 3.05) is 16.2 Å². The highest BCUT2D eigenvalue weighted by Gasteiger charge is 2.33. The zero-order valence-electron chi connectivity index (χ0n) is 20.2. The maximum Gasteiger partial charge on any atom is 0.416 e. The molecule has 0 spiro atoms. The van der Waals surface area contributed by atoms with Crippen LogP contribution in [0.25, 0.3) is 0 Å². The Morgan fingerprint density at radius 3 is 2.28 bits per heavy atom. The predicted octanol–water partition coefficient (Wildman–Crippen LogP) is 5.06. The van der Waals surface area contributed by atoms with Crippen molar-refractivity contribution in [3.63, 3.8) is 0 Å². The minimum Gasteiger partial charge on any atom is -0.467 e. The van der Waals surface area contributed by atoms with Crippen LogP contribution in [0.2, 0.25) is 0 Å². The van der Waals surface area contributed by atoms with Crippen molar-refractivity contribution in [3.8, 4) is 0 Å². The molecule has 0 aliphatic heterocycles. The molecule has 2 amide bonds. The molecule has 0 fully saturated rings. The number of furan rings is 1. The summed E-state index contributed by atoms with van der Waals surface area (Å²) in [5.74, 6) is -0.903. The van der Waals surface area contributed by atoms with Gasteiger partial charge in [-0.05, 0) is 54.6 Å². The molecule has 4 aromatic rings. The van der Waals surface area contributed by atoms with Crippen LogP contribution < -0.4 is 14.9 Å². The molecule has 0 unspecified atom stereocenters. The first-order chi connectivity index (χ1) is 18.6. The largest absolute Gasteiger partial charge is 0.467 e. The van der Waals surface area contributed by atoms with E-state index in [-0.39, 0.29) is 28.4 Å². The lowest BCUT2D eigenvalue weighted by Gasteiger charge is -2.25. The van der Waals surface area contributed by atoms with Crippen molar-refractivity contribution in [1.82, 2.24) is 5.32 Å². The molecular weight excluding hydrogens is 535 g/mol. The van der Waals surface area contributed by atoms with Gasteiger partial charge in [-0.25, -0.2) is 8.42 Å². The second kappa shape index (κ2) is 11.4. The first kappa shape index (κ1) is 27.5. The molecule has 0 atom stereocenters. The first-order valence-corrected chi connectivity index (χ1v) is 12.9. The number of hydrogen-bond acceptors (Lipinski definition) is 5. The molecule has 0 saturated carbocycles. The summed E-state index contributed by atoms with van der Waals surface area (Å²) in [6.07, 6.45) is -3.28. The number of amides is 2. The van der Waals surface area contributed by atoms with E-state index in [0.29, 0.717) is 16.1 Å². The van der Waals surface area contributed by atoms with Crippen molar-refractivity contribution in [2.45, 2.75) is 17.6 Å². The smallest absolute Gasteiger partial charge is 0.416 e. The van der Waals surface area contributed by atoms with Crippen LogP contribution in [0.1, 0.15) is 21.7 Å². The Balaban J connectivity index is 1.61. The first-order valence-electron chi connectivity index (χ1n) is 11.5. The molecular formula is C27H22F3N3O5S. The van der Waals surface area contributed by atoms with Crippen LogP contribution in [0.4, 0.5) is 24.5 Å². The second-order valence-corrected chi connectivity index (χ2v) is 10.1. The number of sulfonamides is 1. The monoisotopic (exact) mass is 557 g/mol. The van der Waals surface area contributed by atoms with Crippen LogP contribution in [0.3, 0.4) is 0 Å². The lowest BCUT2D eigenvalue weighted by Crippen LogP contribution is -2.38. The van der Waals surface area contributed by atoms with Crippen molar-refractivity contribution in [2.24, 2.45) is 0 Å². The average Bonchev–Trinajstić information content (AvgIpc) is 3.44. The fraction of sp³-hybridized carbons (Fsp3) is 0.111. The molecule has 2 N–H and O–H groups in total. The fourth-order valence-electron chi connectivity index (χ4n) is 3.66. The van der Waals surface area contributed by atoms with Crippen LogP contribution in [-0.2, 0) is 27.5 Å². The Hall–Kier alpha value is -4.58. The number of benzene rings is 3. The van der Waals surface area contributed by atoms with E-state index in [1.807, 2.05) is 0 Å². The van der Waals surface area contributed by atoms with Gasteiger partial charge in [0.05, 0.1) is 40.2 Å². The minimum atomic E-state index is -4.73. The topological polar surface area (TPSA) is 109 Å². The maximum atomic E-state index is 13.4. The summed E-state index contributed by atoms with van der Waals surface area (Å²) in [6.45, 7) is -0.770. The number of rotatable bonds is 9. The van der Waals surface area contributed by atoms with Gasteiger partial charge in [-0.3, -0.25) is 13.9 Å². The summed E-state index contributed by atoms with van der Waals surface area (Å²) in [7, 11) is -4.45. The third-order valence-corrected chi connectivity index (χ3v) is 7.32. The van der Waals surface area contributed by atoms with E-state index in [1.165, 1.54) is 48.7 Å². The second-order valence-electron chi connectivity index (χ2n) is 8.23. The molecule has 8 nitrogen and oxygen atoms in total. The van der Waals surface area contributed by atoms with Crippen LogP contribution in [0, 0.1) is 0 Å². The Kier molecular flexibility index (Phi) is 8.05. The number of carbonyl (C=O) groups is 2. The third-order valence-electron chi connectivity index (χ3n) is 5.53. The normalized spacial score (nSPS) is 11.6. The number of alkyl halides is 3. The zero-order valence-corrected chi connectivity index (χ0v) is 21.0. The van der Waals surface area contributed by atoms with Gasteiger partial charge >= 0.3 is 6.18 Å². The maximum absolute atomic E-state index is 13.4. The number of hydrogen-bond donors (Lipinski definition) is 2. The number of carbonyl (C=O) groups excluding carboxylic acids is 2. The SMILES string of the molecule is O=C(CN(c1cccc(C(F)(F)F)c1)S(=O)(=O)c1ccccc1)Nc1ccccc1C(=O)NCc1ccco1. The summed E-state index contributed by atoms with van der Waals surface area (Å²) in [6, 6.07) is 20.1. The summed E-state index contributed by atoms with van der Waals surface area (Å²) in [5.41, 5.74) is -1.25. The van der Waals surface area contributed by atoms with Crippen molar-refractivity contribution in [1.29, 1.82) is 0 Å². The van der Waals surface area contributed by atoms with Gasteiger partial charge in [-0.15, -0.1) is 0 Å². The van der Waals surface area contributed by atoms with Gasteiger partial charge in [-0.1, -0.05) is 36.4 Å².